The van der Waals surface area contributed by atoms with Crippen LogP contribution in [-0.2, 0) is 11.3 Å². The van der Waals surface area contributed by atoms with Gasteiger partial charge in [-0.05, 0) is 42.0 Å². The fourth-order valence-electron chi connectivity index (χ4n) is 3.41. The number of rotatable bonds is 8. The Balaban J connectivity index is 1.51. The van der Waals surface area contributed by atoms with Crippen LogP contribution >= 0.6 is 11.6 Å². The molecule has 0 atom stereocenters. The Kier molecular flexibility index (Phi) is 7.65. The normalized spacial score (nSPS) is 14.3. The molecule has 30 heavy (non-hydrogen) atoms. The number of carbonyl (C=O) groups excluding carboxylic acids is 1. The van der Waals surface area contributed by atoms with Crippen molar-refractivity contribution >= 4 is 17.5 Å². The molecular weight excluding hydrogens is 408 g/mol. The molecule has 162 valence electrons. The second-order valence-electron chi connectivity index (χ2n) is 6.93. The Hall–Kier alpha value is -2.64. The highest BCUT2D eigenvalue weighted by Gasteiger charge is 2.22. The molecule has 1 saturated heterocycles. The van der Waals surface area contributed by atoms with Crippen molar-refractivity contribution in [3.05, 3.63) is 47.0 Å². The van der Waals surface area contributed by atoms with Gasteiger partial charge in [-0.2, -0.15) is 0 Å². The number of carbonyl (C=O) groups is 1. The molecule has 3 rings (SSSR count). The van der Waals surface area contributed by atoms with E-state index in [-0.39, 0.29) is 12.5 Å². The Morgan fingerprint density at radius 3 is 2.07 bits per heavy atom. The lowest BCUT2D eigenvalue weighted by molar-refractivity contribution is -0.135. The zero-order valence-electron chi connectivity index (χ0n) is 17.5. The Labute approximate surface area is 182 Å². The largest absolute Gasteiger partial charge is 0.493 e. The third kappa shape index (κ3) is 5.49. The predicted octanol–water partition coefficient (Wildman–Crippen LogP) is 3.09. The molecule has 1 heterocycles. The molecule has 0 spiro atoms. The van der Waals surface area contributed by atoms with Gasteiger partial charge in [0.05, 0.1) is 21.3 Å². The summed E-state index contributed by atoms with van der Waals surface area (Å²) in [5.74, 6) is 2.48. The number of hydrogen-bond acceptors (Lipinski definition) is 6. The molecule has 1 amide bonds. The Bertz CT molecular complexity index is 826. The SMILES string of the molecule is COc1cc(CN2CCN(C(=O)COc3ccc(Cl)cc3)CC2)cc(OC)c1OC. The van der Waals surface area contributed by atoms with E-state index >= 15 is 0 Å². The van der Waals surface area contributed by atoms with Gasteiger partial charge in [0.15, 0.2) is 18.1 Å². The molecule has 0 aromatic heterocycles. The van der Waals surface area contributed by atoms with Crippen molar-refractivity contribution in [2.75, 3.05) is 54.1 Å². The van der Waals surface area contributed by atoms with Crippen LogP contribution in [0.5, 0.6) is 23.0 Å². The fourth-order valence-corrected chi connectivity index (χ4v) is 3.53. The van der Waals surface area contributed by atoms with E-state index in [0.717, 1.165) is 25.2 Å². The molecule has 0 saturated carbocycles. The molecule has 7 nitrogen and oxygen atoms in total. The Morgan fingerprint density at radius 1 is 0.933 bits per heavy atom. The number of nitrogens with zero attached hydrogens (tertiary/aromatic N) is 2. The average molecular weight is 435 g/mol. The minimum atomic E-state index is -0.0163. The third-order valence-corrected chi connectivity index (χ3v) is 5.28. The van der Waals surface area contributed by atoms with Crippen molar-refractivity contribution in [2.45, 2.75) is 6.54 Å². The zero-order chi connectivity index (χ0) is 21.5. The molecular formula is C22H27ClN2O5. The van der Waals surface area contributed by atoms with E-state index in [9.17, 15) is 4.79 Å². The number of benzene rings is 2. The first-order valence-electron chi connectivity index (χ1n) is 9.71. The highest BCUT2D eigenvalue weighted by atomic mass is 35.5. The summed E-state index contributed by atoms with van der Waals surface area (Å²) in [6.45, 7) is 3.64. The summed E-state index contributed by atoms with van der Waals surface area (Å²) in [7, 11) is 4.81. The quantitative estimate of drug-likeness (QED) is 0.636. The number of amides is 1. The lowest BCUT2D eigenvalue weighted by Gasteiger charge is -2.34. The van der Waals surface area contributed by atoms with Crippen LogP contribution in [0.15, 0.2) is 36.4 Å². The van der Waals surface area contributed by atoms with E-state index in [4.69, 9.17) is 30.5 Å². The molecule has 2 aromatic carbocycles. The van der Waals surface area contributed by atoms with Crippen LogP contribution < -0.4 is 18.9 Å². The van der Waals surface area contributed by atoms with Gasteiger partial charge >= 0.3 is 0 Å². The van der Waals surface area contributed by atoms with Gasteiger partial charge in [-0.1, -0.05) is 11.6 Å². The standard InChI is InChI=1S/C22H27ClN2O5/c1-27-19-12-16(13-20(28-2)22(19)29-3)14-24-8-10-25(11-9-24)21(26)15-30-18-6-4-17(23)5-7-18/h4-7,12-13H,8-11,14-15H2,1-3H3. The number of methoxy groups -OCH3 is 3. The van der Waals surface area contributed by atoms with E-state index in [0.29, 0.717) is 41.1 Å². The maximum Gasteiger partial charge on any atom is 0.260 e. The van der Waals surface area contributed by atoms with Crippen LogP contribution in [-0.4, -0.2) is 69.8 Å². The van der Waals surface area contributed by atoms with Crippen molar-refractivity contribution in [3.8, 4) is 23.0 Å². The second-order valence-corrected chi connectivity index (χ2v) is 7.37. The highest BCUT2D eigenvalue weighted by Crippen LogP contribution is 2.38. The predicted molar refractivity (Wildman–Crippen MR) is 115 cm³/mol. The van der Waals surface area contributed by atoms with Gasteiger partial charge < -0.3 is 23.8 Å². The summed E-state index contributed by atoms with van der Waals surface area (Å²) in [6.07, 6.45) is 0. The first-order valence-corrected chi connectivity index (χ1v) is 10.1. The Morgan fingerprint density at radius 2 is 1.53 bits per heavy atom. The van der Waals surface area contributed by atoms with Crippen LogP contribution in [0.4, 0.5) is 0 Å². The summed E-state index contributed by atoms with van der Waals surface area (Å²) in [6, 6.07) is 10.9. The number of piperazine rings is 1. The lowest BCUT2D eigenvalue weighted by Crippen LogP contribution is -2.49. The van der Waals surface area contributed by atoms with Crippen molar-refractivity contribution in [1.82, 2.24) is 9.80 Å². The number of hydrogen-bond donors (Lipinski definition) is 0. The summed E-state index contributed by atoms with van der Waals surface area (Å²) < 4.78 is 21.8. The van der Waals surface area contributed by atoms with Gasteiger partial charge in [0.1, 0.15) is 5.75 Å². The van der Waals surface area contributed by atoms with E-state index in [2.05, 4.69) is 4.90 Å². The molecule has 0 unspecified atom stereocenters. The molecule has 8 heteroatoms. The van der Waals surface area contributed by atoms with Crippen molar-refractivity contribution in [1.29, 1.82) is 0 Å². The van der Waals surface area contributed by atoms with Gasteiger partial charge in [0.2, 0.25) is 5.75 Å². The summed E-state index contributed by atoms with van der Waals surface area (Å²) >= 11 is 5.86. The fraction of sp³-hybridized carbons (Fsp3) is 0.409. The van der Waals surface area contributed by atoms with Gasteiger partial charge in [0, 0.05) is 37.7 Å². The molecule has 0 bridgehead atoms. The smallest absolute Gasteiger partial charge is 0.260 e. The average Bonchev–Trinajstić information content (AvgIpc) is 2.78. The van der Waals surface area contributed by atoms with Crippen LogP contribution in [0.2, 0.25) is 5.02 Å². The molecule has 1 fully saturated rings. The van der Waals surface area contributed by atoms with Crippen LogP contribution in [0.25, 0.3) is 0 Å². The molecule has 0 aliphatic carbocycles. The maximum atomic E-state index is 12.5. The number of ether oxygens (including phenoxy) is 4. The van der Waals surface area contributed by atoms with Crippen molar-refractivity contribution in [3.63, 3.8) is 0 Å². The summed E-state index contributed by atoms with van der Waals surface area (Å²) in [5, 5.41) is 0.636. The monoisotopic (exact) mass is 434 g/mol. The minimum absolute atomic E-state index is 0.0163. The zero-order valence-corrected chi connectivity index (χ0v) is 18.3. The van der Waals surface area contributed by atoms with Crippen LogP contribution in [0.1, 0.15) is 5.56 Å². The van der Waals surface area contributed by atoms with Crippen LogP contribution in [0.3, 0.4) is 0 Å². The first-order chi connectivity index (χ1) is 14.5. The maximum absolute atomic E-state index is 12.5. The molecule has 2 aromatic rings. The van der Waals surface area contributed by atoms with Gasteiger partial charge in [-0.3, -0.25) is 9.69 Å². The van der Waals surface area contributed by atoms with Gasteiger partial charge in [-0.15, -0.1) is 0 Å². The lowest BCUT2D eigenvalue weighted by atomic mass is 10.1. The summed E-state index contributed by atoms with van der Waals surface area (Å²) in [4.78, 5) is 16.6. The van der Waals surface area contributed by atoms with Crippen molar-refractivity contribution < 1.29 is 23.7 Å². The summed E-state index contributed by atoms with van der Waals surface area (Å²) in [5.41, 5.74) is 1.07. The van der Waals surface area contributed by atoms with E-state index in [1.807, 2.05) is 17.0 Å². The highest BCUT2D eigenvalue weighted by molar-refractivity contribution is 6.30. The van der Waals surface area contributed by atoms with E-state index in [1.165, 1.54) is 0 Å². The topological polar surface area (TPSA) is 60.5 Å². The van der Waals surface area contributed by atoms with Crippen molar-refractivity contribution in [2.24, 2.45) is 0 Å². The minimum Gasteiger partial charge on any atom is -0.493 e. The first kappa shape index (κ1) is 22.1. The molecule has 0 radical (unpaired) electrons. The van der Waals surface area contributed by atoms with Gasteiger partial charge in [0.25, 0.3) is 5.91 Å². The van der Waals surface area contributed by atoms with Crippen LogP contribution in [0, 0.1) is 0 Å². The number of halogens is 1. The molecule has 1 aliphatic heterocycles. The van der Waals surface area contributed by atoms with E-state index < -0.39 is 0 Å². The van der Waals surface area contributed by atoms with Gasteiger partial charge in [-0.25, -0.2) is 0 Å². The third-order valence-electron chi connectivity index (χ3n) is 5.03. The molecule has 0 N–H and O–H groups in total. The molecule has 1 aliphatic rings. The van der Waals surface area contributed by atoms with E-state index in [1.54, 1.807) is 45.6 Å². The second kappa shape index (κ2) is 10.4.